The lowest BCUT2D eigenvalue weighted by molar-refractivity contribution is -0.0328. The summed E-state index contributed by atoms with van der Waals surface area (Å²) < 4.78 is 36.5. The van der Waals surface area contributed by atoms with Crippen LogP contribution in [0.25, 0.3) is 0 Å². The highest BCUT2D eigenvalue weighted by atomic mass is 32.2. The third-order valence-electron chi connectivity index (χ3n) is 2.35. The fraction of sp³-hybridized carbons (Fsp3) is 0.154. The normalized spacial score (nSPS) is 11.2. The van der Waals surface area contributed by atoms with E-state index in [0.717, 1.165) is 4.88 Å². The average Bonchev–Trinajstić information content (AvgIpc) is 2.90. The van der Waals surface area contributed by atoms with E-state index in [4.69, 9.17) is 0 Å². The van der Waals surface area contributed by atoms with Gasteiger partial charge in [-0.2, -0.15) is 13.2 Å². The zero-order valence-corrected chi connectivity index (χ0v) is 12.2. The van der Waals surface area contributed by atoms with Gasteiger partial charge in [0, 0.05) is 15.5 Å². The Bertz CT molecular complexity index is 582. The number of hydrogen-bond donors (Lipinski definition) is 2. The average molecular weight is 332 g/mol. The molecule has 0 unspecified atom stereocenters. The van der Waals surface area contributed by atoms with E-state index >= 15 is 0 Å². The number of rotatable bonds is 4. The van der Waals surface area contributed by atoms with Crippen molar-refractivity contribution in [1.82, 2.24) is 5.32 Å². The molecule has 0 atom stereocenters. The molecule has 0 bridgehead atoms. The van der Waals surface area contributed by atoms with Gasteiger partial charge in [-0.05, 0) is 47.5 Å². The van der Waals surface area contributed by atoms with Gasteiger partial charge in [-0.15, -0.1) is 11.3 Å². The highest BCUT2D eigenvalue weighted by Crippen LogP contribution is 2.36. The first-order chi connectivity index (χ1) is 9.92. The number of thiophene rings is 1. The van der Waals surface area contributed by atoms with E-state index in [1.807, 2.05) is 17.5 Å². The van der Waals surface area contributed by atoms with Gasteiger partial charge in [-0.3, -0.25) is 0 Å². The molecule has 3 nitrogen and oxygen atoms in total. The molecule has 8 heteroatoms. The molecule has 1 heterocycles. The smallest absolute Gasteiger partial charge is 0.333 e. The maximum Gasteiger partial charge on any atom is 0.446 e. The van der Waals surface area contributed by atoms with Crippen molar-refractivity contribution in [2.45, 2.75) is 16.9 Å². The monoisotopic (exact) mass is 332 g/mol. The lowest BCUT2D eigenvalue weighted by Gasteiger charge is -2.08. The summed E-state index contributed by atoms with van der Waals surface area (Å²) in [5.41, 5.74) is -3.88. The number of amides is 2. The van der Waals surface area contributed by atoms with Crippen molar-refractivity contribution in [3.8, 4) is 0 Å². The predicted octanol–water partition coefficient (Wildman–Crippen LogP) is 4.68. The van der Waals surface area contributed by atoms with Crippen molar-refractivity contribution in [3.63, 3.8) is 0 Å². The number of benzene rings is 1. The summed E-state index contributed by atoms with van der Waals surface area (Å²) >= 11 is 1.34. The van der Waals surface area contributed by atoms with Crippen LogP contribution < -0.4 is 10.6 Å². The Kier molecular flexibility index (Phi) is 5.13. The summed E-state index contributed by atoms with van der Waals surface area (Å²) in [6, 6.07) is 8.86. The molecule has 0 radical (unpaired) electrons. The minimum Gasteiger partial charge on any atom is -0.333 e. The maximum atomic E-state index is 12.2. The second-order valence-corrected chi connectivity index (χ2v) is 6.13. The van der Waals surface area contributed by atoms with Gasteiger partial charge in [0.15, 0.2) is 0 Å². The van der Waals surface area contributed by atoms with Crippen LogP contribution in [-0.4, -0.2) is 11.5 Å². The predicted molar refractivity (Wildman–Crippen MR) is 78.5 cm³/mol. The van der Waals surface area contributed by atoms with Crippen LogP contribution in [-0.2, 0) is 6.54 Å². The van der Waals surface area contributed by atoms with Crippen molar-refractivity contribution in [3.05, 3.63) is 46.7 Å². The molecular formula is C13H11F3N2OS2. The van der Waals surface area contributed by atoms with Gasteiger partial charge < -0.3 is 10.6 Å². The Hall–Kier alpha value is -1.67. The Morgan fingerprint density at radius 2 is 1.90 bits per heavy atom. The van der Waals surface area contributed by atoms with E-state index < -0.39 is 11.5 Å². The minimum absolute atomic E-state index is 0.0760. The first-order valence-electron chi connectivity index (χ1n) is 5.85. The Labute approximate surface area is 127 Å². The second kappa shape index (κ2) is 6.86. The molecule has 0 saturated carbocycles. The molecule has 0 aliphatic rings. The van der Waals surface area contributed by atoms with Gasteiger partial charge in [0.25, 0.3) is 0 Å². The van der Waals surface area contributed by atoms with Gasteiger partial charge in [-0.1, -0.05) is 6.07 Å². The van der Waals surface area contributed by atoms with Gasteiger partial charge >= 0.3 is 11.5 Å². The number of carbonyl (C=O) groups is 1. The first kappa shape index (κ1) is 15.7. The molecule has 112 valence electrons. The van der Waals surface area contributed by atoms with Crippen LogP contribution in [0.15, 0.2) is 46.7 Å². The van der Waals surface area contributed by atoms with E-state index in [9.17, 15) is 18.0 Å². The number of carbonyl (C=O) groups excluding carboxylic acids is 1. The number of nitrogens with one attached hydrogen (secondary N) is 2. The number of hydrogen-bond acceptors (Lipinski definition) is 3. The van der Waals surface area contributed by atoms with Gasteiger partial charge in [-0.25, -0.2) is 4.79 Å². The largest absolute Gasteiger partial charge is 0.446 e. The van der Waals surface area contributed by atoms with Gasteiger partial charge in [0.2, 0.25) is 0 Å². The van der Waals surface area contributed by atoms with Crippen LogP contribution in [0.2, 0.25) is 0 Å². The van der Waals surface area contributed by atoms with Crippen LogP contribution in [0, 0.1) is 0 Å². The van der Waals surface area contributed by atoms with Crippen molar-refractivity contribution in [1.29, 1.82) is 0 Å². The molecule has 0 aliphatic carbocycles. The molecule has 2 rings (SSSR count). The van der Waals surface area contributed by atoms with Crippen LogP contribution in [0.3, 0.4) is 0 Å². The third-order valence-corrected chi connectivity index (χ3v) is 3.96. The van der Waals surface area contributed by atoms with E-state index in [0.29, 0.717) is 12.2 Å². The summed E-state index contributed by atoms with van der Waals surface area (Å²) in [5.74, 6) is 0. The molecule has 0 aliphatic heterocycles. The molecule has 0 saturated heterocycles. The number of thioether (sulfide) groups is 1. The highest BCUT2D eigenvalue weighted by molar-refractivity contribution is 8.00. The first-order valence-corrected chi connectivity index (χ1v) is 7.55. The standard InChI is InChI=1S/C13H11F3N2OS2/c14-13(15,16)21-10-5-3-9(4-6-10)18-12(19)17-8-11-2-1-7-20-11/h1-7H,8H2,(H2,17,18,19). The number of alkyl halides is 3. The van der Waals surface area contributed by atoms with Crippen molar-refractivity contribution in [2.75, 3.05) is 5.32 Å². The zero-order valence-electron chi connectivity index (χ0n) is 10.6. The van der Waals surface area contributed by atoms with E-state index in [1.165, 1.54) is 35.6 Å². The molecule has 2 aromatic rings. The van der Waals surface area contributed by atoms with E-state index in [-0.39, 0.29) is 16.7 Å². The van der Waals surface area contributed by atoms with E-state index in [2.05, 4.69) is 10.6 Å². The topological polar surface area (TPSA) is 41.1 Å². The molecule has 1 aromatic carbocycles. The van der Waals surface area contributed by atoms with Crippen molar-refractivity contribution >= 4 is 34.8 Å². The van der Waals surface area contributed by atoms with Crippen LogP contribution in [0.4, 0.5) is 23.7 Å². The Balaban J connectivity index is 1.83. The summed E-state index contributed by atoms with van der Waals surface area (Å²) in [7, 11) is 0. The summed E-state index contributed by atoms with van der Waals surface area (Å²) in [6.07, 6.45) is 0. The lowest BCUT2D eigenvalue weighted by Crippen LogP contribution is -2.27. The van der Waals surface area contributed by atoms with Crippen molar-refractivity contribution in [2.24, 2.45) is 0 Å². The van der Waals surface area contributed by atoms with Crippen LogP contribution >= 0.6 is 23.1 Å². The molecule has 0 fully saturated rings. The summed E-state index contributed by atoms with van der Waals surface area (Å²) in [5, 5.41) is 7.13. The van der Waals surface area contributed by atoms with Crippen LogP contribution in [0.5, 0.6) is 0 Å². The van der Waals surface area contributed by atoms with Gasteiger partial charge in [0.05, 0.1) is 6.54 Å². The van der Waals surface area contributed by atoms with Crippen molar-refractivity contribution < 1.29 is 18.0 Å². The molecule has 1 aromatic heterocycles. The minimum atomic E-state index is -4.31. The fourth-order valence-corrected chi connectivity index (χ4v) is 2.68. The Morgan fingerprint density at radius 3 is 2.48 bits per heavy atom. The Morgan fingerprint density at radius 1 is 1.19 bits per heavy atom. The van der Waals surface area contributed by atoms with Gasteiger partial charge in [0.1, 0.15) is 0 Å². The summed E-state index contributed by atoms with van der Waals surface area (Å²) in [6.45, 7) is 0.408. The zero-order chi connectivity index (χ0) is 15.3. The molecule has 0 spiro atoms. The maximum absolute atomic E-state index is 12.2. The number of anilines is 1. The quantitative estimate of drug-likeness (QED) is 0.798. The lowest BCUT2D eigenvalue weighted by atomic mass is 10.3. The molecule has 21 heavy (non-hydrogen) atoms. The number of urea groups is 1. The molecule has 2 amide bonds. The van der Waals surface area contributed by atoms with E-state index in [1.54, 1.807) is 0 Å². The van der Waals surface area contributed by atoms with Crippen LogP contribution in [0.1, 0.15) is 4.88 Å². The SMILES string of the molecule is O=C(NCc1cccs1)Nc1ccc(SC(F)(F)F)cc1. The third kappa shape index (κ3) is 5.68. The summed E-state index contributed by atoms with van der Waals surface area (Å²) in [4.78, 5) is 12.7. The fourth-order valence-electron chi connectivity index (χ4n) is 1.50. The highest BCUT2D eigenvalue weighted by Gasteiger charge is 2.28. The molecule has 2 N–H and O–H groups in total. The molecular weight excluding hydrogens is 321 g/mol. The second-order valence-electron chi connectivity index (χ2n) is 3.96. The number of halogens is 3.